The molecule has 0 saturated heterocycles. The highest BCUT2D eigenvalue weighted by Crippen LogP contribution is 2.07. The van der Waals surface area contributed by atoms with E-state index in [1.54, 1.807) is 0 Å². The van der Waals surface area contributed by atoms with E-state index in [1.165, 1.54) is 18.4 Å². The minimum absolute atomic E-state index is 1.16. The predicted molar refractivity (Wildman–Crippen MR) is 38.6 cm³/mol. The van der Waals surface area contributed by atoms with Crippen molar-refractivity contribution < 1.29 is 0 Å². The van der Waals surface area contributed by atoms with Gasteiger partial charge in [0, 0.05) is 0 Å². The minimum atomic E-state index is 1.16. The van der Waals surface area contributed by atoms with E-state index >= 15 is 0 Å². The molecular weight excluding hydrogens is 96.1 g/mol. The second kappa shape index (κ2) is 4.89. The van der Waals surface area contributed by atoms with Crippen LogP contribution in [0, 0.1) is 6.92 Å². The Hall–Kier alpha value is -0.260. The first kappa shape index (κ1) is 7.74. The van der Waals surface area contributed by atoms with Gasteiger partial charge >= 0.3 is 0 Å². The molecule has 0 rings (SSSR count). The summed E-state index contributed by atoms with van der Waals surface area (Å²) >= 11 is 0. The highest BCUT2D eigenvalue weighted by Gasteiger charge is 1.86. The van der Waals surface area contributed by atoms with Gasteiger partial charge in [-0.25, -0.2) is 0 Å². The molecule has 8 heavy (non-hydrogen) atoms. The average Bonchev–Trinajstić information content (AvgIpc) is 1.83. The van der Waals surface area contributed by atoms with Gasteiger partial charge in [0.15, 0.2) is 0 Å². The Morgan fingerprint density at radius 3 is 2.25 bits per heavy atom. The molecule has 47 valence electrons. The van der Waals surface area contributed by atoms with Crippen LogP contribution in [-0.4, -0.2) is 0 Å². The quantitative estimate of drug-likeness (QED) is 0.525. The Morgan fingerprint density at radius 1 is 1.50 bits per heavy atom. The van der Waals surface area contributed by atoms with Crippen molar-refractivity contribution in [3.05, 3.63) is 18.6 Å². The van der Waals surface area contributed by atoms with Gasteiger partial charge < -0.3 is 0 Å². The Labute approximate surface area is 52.6 Å². The molecule has 0 unspecified atom stereocenters. The zero-order chi connectivity index (χ0) is 6.41. The summed E-state index contributed by atoms with van der Waals surface area (Å²) in [7, 11) is 0. The summed E-state index contributed by atoms with van der Waals surface area (Å²) in [4.78, 5) is 0. The summed E-state index contributed by atoms with van der Waals surface area (Å²) in [5.41, 5.74) is 1.48. The van der Waals surface area contributed by atoms with Gasteiger partial charge in [-0.2, -0.15) is 0 Å². The van der Waals surface area contributed by atoms with Gasteiger partial charge in [0.25, 0.3) is 0 Å². The molecule has 0 aliphatic heterocycles. The third kappa shape index (κ3) is 2.84. The zero-order valence-corrected chi connectivity index (χ0v) is 5.91. The molecule has 0 heterocycles. The van der Waals surface area contributed by atoms with Gasteiger partial charge in [-0.1, -0.05) is 31.9 Å². The lowest BCUT2D eigenvalue weighted by Gasteiger charge is -1.97. The van der Waals surface area contributed by atoms with Crippen LogP contribution < -0.4 is 0 Å². The molecule has 0 saturated carbocycles. The van der Waals surface area contributed by atoms with Crippen LogP contribution >= 0.6 is 0 Å². The number of hydrogen-bond acceptors (Lipinski definition) is 0. The fraction of sp³-hybridized carbons (Fsp3) is 0.625. The van der Waals surface area contributed by atoms with E-state index in [0.717, 1.165) is 6.42 Å². The standard InChI is InChI=1S/C8H15/c1-4-7-8(5-2)6-3/h5H,2,4,6-7H2,1,3H3/b8-5+. The van der Waals surface area contributed by atoms with Crippen LogP contribution in [0.1, 0.15) is 33.1 Å². The third-order valence-corrected chi connectivity index (χ3v) is 1.31. The van der Waals surface area contributed by atoms with Gasteiger partial charge in [0.1, 0.15) is 0 Å². The maximum Gasteiger partial charge on any atom is -0.0313 e. The van der Waals surface area contributed by atoms with E-state index in [-0.39, 0.29) is 0 Å². The number of hydrogen-bond donors (Lipinski definition) is 0. The lowest BCUT2D eigenvalue weighted by molar-refractivity contribution is 0.859. The van der Waals surface area contributed by atoms with Crippen molar-refractivity contribution in [2.24, 2.45) is 0 Å². The SMILES string of the molecule is [CH2]/C=C(\CC)CCC. The van der Waals surface area contributed by atoms with Crippen molar-refractivity contribution in [2.75, 3.05) is 0 Å². The summed E-state index contributed by atoms with van der Waals surface area (Å²) in [6.07, 6.45) is 5.61. The van der Waals surface area contributed by atoms with Gasteiger partial charge in [-0.05, 0) is 19.8 Å². The lowest BCUT2D eigenvalue weighted by Crippen LogP contribution is -1.77. The van der Waals surface area contributed by atoms with Crippen molar-refractivity contribution >= 4 is 0 Å². The smallest absolute Gasteiger partial charge is 0.0313 e. The van der Waals surface area contributed by atoms with Crippen molar-refractivity contribution in [2.45, 2.75) is 33.1 Å². The molecule has 0 atom stereocenters. The topological polar surface area (TPSA) is 0 Å². The van der Waals surface area contributed by atoms with E-state index in [0.29, 0.717) is 0 Å². The molecule has 0 heteroatoms. The molecule has 0 fully saturated rings. The molecule has 0 aliphatic carbocycles. The van der Waals surface area contributed by atoms with E-state index < -0.39 is 0 Å². The third-order valence-electron chi connectivity index (χ3n) is 1.31. The molecule has 0 nitrogen and oxygen atoms in total. The van der Waals surface area contributed by atoms with Crippen molar-refractivity contribution in [3.63, 3.8) is 0 Å². The fourth-order valence-electron chi connectivity index (χ4n) is 0.744. The van der Waals surface area contributed by atoms with Gasteiger partial charge in [-0.15, -0.1) is 0 Å². The molecule has 0 spiro atoms. The van der Waals surface area contributed by atoms with Crippen LogP contribution in [0.2, 0.25) is 0 Å². The van der Waals surface area contributed by atoms with Crippen molar-refractivity contribution in [1.29, 1.82) is 0 Å². The highest BCUT2D eigenvalue weighted by atomic mass is 13.9. The number of allylic oxidation sites excluding steroid dienone is 2. The average molecular weight is 111 g/mol. The van der Waals surface area contributed by atoms with Crippen LogP contribution in [-0.2, 0) is 0 Å². The monoisotopic (exact) mass is 111 g/mol. The van der Waals surface area contributed by atoms with E-state index in [2.05, 4.69) is 20.8 Å². The maximum atomic E-state index is 3.71. The van der Waals surface area contributed by atoms with Crippen LogP contribution in [0.3, 0.4) is 0 Å². The van der Waals surface area contributed by atoms with Gasteiger partial charge in [-0.3, -0.25) is 0 Å². The Balaban J connectivity index is 3.38. The fourth-order valence-corrected chi connectivity index (χ4v) is 0.744. The largest absolute Gasteiger partial charge is 0.0850 e. The number of rotatable bonds is 3. The molecule has 0 amide bonds. The molecule has 0 aromatic carbocycles. The first-order chi connectivity index (χ1) is 3.85. The van der Waals surface area contributed by atoms with E-state index in [4.69, 9.17) is 0 Å². The molecule has 0 aliphatic rings. The van der Waals surface area contributed by atoms with Crippen LogP contribution in [0.25, 0.3) is 0 Å². The van der Waals surface area contributed by atoms with Crippen LogP contribution in [0.4, 0.5) is 0 Å². The molecular formula is C8H15. The van der Waals surface area contributed by atoms with Crippen LogP contribution in [0.5, 0.6) is 0 Å². The predicted octanol–water partition coefficient (Wildman–Crippen LogP) is 2.96. The maximum absolute atomic E-state index is 3.71. The molecule has 1 radical (unpaired) electrons. The first-order valence-electron chi connectivity index (χ1n) is 3.32. The Bertz CT molecular complexity index is 70.1. The lowest BCUT2D eigenvalue weighted by atomic mass is 10.1. The summed E-state index contributed by atoms with van der Waals surface area (Å²) in [6.45, 7) is 8.08. The minimum Gasteiger partial charge on any atom is -0.0850 e. The summed E-state index contributed by atoms with van der Waals surface area (Å²) in [5.74, 6) is 0. The van der Waals surface area contributed by atoms with Crippen molar-refractivity contribution in [3.8, 4) is 0 Å². The normalized spacial score (nSPS) is 12.1. The molecule has 0 aromatic rings. The Morgan fingerprint density at radius 2 is 2.12 bits per heavy atom. The summed E-state index contributed by atoms with van der Waals surface area (Å²) in [6, 6.07) is 0. The van der Waals surface area contributed by atoms with E-state index in [9.17, 15) is 0 Å². The van der Waals surface area contributed by atoms with Gasteiger partial charge in [0.05, 0.1) is 0 Å². The first-order valence-corrected chi connectivity index (χ1v) is 3.32. The molecule has 0 N–H and O–H groups in total. The second-order valence-corrected chi connectivity index (χ2v) is 1.97. The molecule has 0 bridgehead atoms. The van der Waals surface area contributed by atoms with E-state index in [1.807, 2.05) is 6.08 Å². The van der Waals surface area contributed by atoms with Gasteiger partial charge in [0.2, 0.25) is 0 Å². The highest BCUT2D eigenvalue weighted by molar-refractivity contribution is 5.02. The summed E-state index contributed by atoms with van der Waals surface area (Å²) in [5, 5.41) is 0. The van der Waals surface area contributed by atoms with Crippen molar-refractivity contribution in [1.82, 2.24) is 0 Å². The molecule has 0 aromatic heterocycles. The summed E-state index contributed by atoms with van der Waals surface area (Å²) < 4.78 is 0. The zero-order valence-electron chi connectivity index (χ0n) is 5.91. The second-order valence-electron chi connectivity index (χ2n) is 1.97. The van der Waals surface area contributed by atoms with Crippen LogP contribution in [0.15, 0.2) is 11.6 Å². The Kier molecular flexibility index (Phi) is 4.73.